The lowest BCUT2D eigenvalue weighted by Gasteiger charge is -2.33. The van der Waals surface area contributed by atoms with E-state index in [1.54, 1.807) is 6.07 Å². The van der Waals surface area contributed by atoms with Gasteiger partial charge in [0.1, 0.15) is 23.8 Å². The Bertz CT molecular complexity index is 1470. The van der Waals surface area contributed by atoms with E-state index < -0.39 is 30.4 Å². The summed E-state index contributed by atoms with van der Waals surface area (Å²) in [4.78, 5) is 25.9. The lowest BCUT2D eigenvalue weighted by atomic mass is 9.91. The van der Waals surface area contributed by atoms with Crippen molar-refractivity contribution in [3.63, 3.8) is 0 Å². The normalized spacial score (nSPS) is 26.9. The number of thiophene rings is 1. The Hall–Kier alpha value is -3.15. The predicted molar refractivity (Wildman–Crippen MR) is 161 cm³/mol. The summed E-state index contributed by atoms with van der Waals surface area (Å²) < 4.78 is 45.7. The van der Waals surface area contributed by atoms with E-state index in [1.165, 1.54) is 23.5 Å². The zero-order valence-corrected chi connectivity index (χ0v) is 24.8. The van der Waals surface area contributed by atoms with Crippen LogP contribution >= 0.6 is 22.9 Å². The minimum Gasteiger partial charge on any atom is -0.446 e. The van der Waals surface area contributed by atoms with E-state index in [1.807, 2.05) is 29.7 Å². The lowest BCUT2D eigenvalue weighted by Crippen LogP contribution is -2.41. The Kier molecular flexibility index (Phi) is 8.93. The average molecular weight is 633 g/mol. The molecule has 1 saturated heterocycles. The molecule has 0 bridgehead atoms. The minimum atomic E-state index is -2.41. The fourth-order valence-corrected chi connectivity index (χ4v) is 7.16. The summed E-state index contributed by atoms with van der Waals surface area (Å²) in [5.41, 5.74) is 2.85. The SMILES string of the molecule is O=C(N[C@H]1CC2=C(C3=NC(CCC(F)F)C=C3)[C@H](c3ccc(F)cc3Cl)N=C(c3cccs3)N2C1)OC1CCC(O)CC1. The van der Waals surface area contributed by atoms with Gasteiger partial charge in [-0.05, 0) is 61.8 Å². The highest BCUT2D eigenvalue weighted by Gasteiger charge is 2.41. The third-order valence-corrected chi connectivity index (χ3v) is 9.43. The number of carbonyl (C=O) groups is 1. The Balaban J connectivity index is 1.35. The molecule has 4 aliphatic rings. The summed E-state index contributed by atoms with van der Waals surface area (Å²) in [5, 5.41) is 15.0. The average Bonchev–Trinajstić information content (AvgIpc) is 3.74. The number of nitrogens with one attached hydrogen (secondary N) is 1. The summed E-state index contributed by atoms with van der Waals surface area (Å²) >= 11 is 8.12. The summed E-state index contributed by atoms with van der Waals surface area (Å²) in [7, 11) is 0. The van der Waals surface area contributed by atoms with E-state index in [-0.39, 0.29) is 36.1 Å². The van der Waals surface area contributed by atoms with Gasteiger partial charge in [0.05, 0.1) is 28.8 Å². The van der Waals surface area contributed by atoms with Crippen molar-refractivity contribution in [2.24, 2.45) is 9.98 Å². The quantitative estimate of drug-likeness (QED) is 0.334. The number of amidine groups is 1. The molecule has 1 amide bonds. The number of alkyl halides is 2. The first-order chi connectivity index (χ1) is 20.7. The number of aliphatic imine (C=N–C) groups is 2. The van der Waals surface area contributed by atoms with Crippen molar-refractivity contribution >= 4 is 40.6 Å². The number of rotatable bonds is 8. The predicted octanol–water partition coefficient (Wildman–Crippen LogP) is 6.82. The molecule has 43 heavy (non-hydrogen) atoms. The molecule has 2 N–H and O–H groups in total. The summed E-state index contributed by atoms with van der Waals surface area (Å²) in [6.07, 6.45) is 3.00. The Morgan fingerprint density at radius 1 is 1.21 bits per heavy atom. The monoisotopic (exact) mass is 632 g/mol. The van der Waals surface area contributed by atoms with E-state index in [0.29, 0.717) is 55.8 Å². The minimum absolute atomic E-state index is 0.212. The van der Waals surface area contributed by atoms with Gasteiger partial charge in [0.15, 0.2) is 0 Å². The molecular formula is C31H32ClF3N4O3S. The van der Waals surface area contributed by atoms with Crippen molar-refractivity contribution in [1.82, 2.24) is 10.2 Å². The van der Waals surface area contributed by atoms with Crippen molar-refractivity contribution in [2.45, 2.75) is 81.7 Å². The maximum absolute atomic E-state index is 14.1. The third kappa shape index (κ3) is 6.68. The number of aliphatic hydroxyl groups is 1. The highest BCUT2D eigenvalue weighted by Crippen LogP contribution is 2.44. The number of hydrogen-bond acceptors (Lipinski definition) is 7. The van der Waals surface area contributed by atoms with E-state index in [2.05, 4.69) is 10.2 Å². The molecule has 12 heteroatoms. The van der Waals surface area contributed by atoms with Crippen LogP contribution in [-0.4, -0.2) is 64.9 Å². The maximum Gasteiger partial charge on any atom is 0.407 e. The van der Waals surface area contributed by atoms with E-state index in [0.717, 1.165) is 16.1 Å². The molecule has 7 nitrogen and oxygen atoms in total. The second kappa shape index (κ2) is 12.8. The number of halogens is 4. The van der Waals surface area contributed by atoms with Crippen LogP contribution in [-0.2, 0) is 4.74 Å². The number of fused-ring (bicyclic) bond motifs is 1. The molecule has 1 saturated carbocycles. The van der Waals surface area contributed by atoms with Crippen LogP contribution < -0.4 is 5.32 Å². The number of carbonyl (C=O) groups excluding carboxylic acids is 1. The van der Waals surface area contributed by atoms with Crippen LogP contribution in [0, 0.1) is 5.82 Å². The largest absolute Gasteiger partial charge is 0.446 e. The Labute approximate surface area is 256 Å². The van der Waals surface area contributed by atoms with Crippen molar-refractivity contribution in [1.29, 1.82) is 0 Å². The first-order valence-corrected chi connectivity index (χ1v) is 15.8. The van der Waals surface area contributed by atoms with E-state index in [4.69, 9.17) is 26.3 Å². The van der Waals surface area contributed by atoms with Crippen LogP contribution in [0.3, 0.4) is 0 Å². The van der Waals surface area contributed by atoms with Crippen molar-refractivity contribution in [3.05, 3.63) is 80.4 Å². The Morgan fingerprint density at radius 3 is 2.74 bits per heavy atom. The van der Waals surface area contributed by atoms with E-state index in [9.17, 15) is 23.1 Å². The van der Waals surface area contributed by atoms with Crippen molar-refractivity contribution in [3.8, 4) is 0 Å². The second-order valence-electron chi connectivity index (χ2n) is 11.3. The molecule has 3 atom stereocenters. The fraction of sp³-hybridized carbons (Fsp3) is 0.452. The second-order valence-corrected chi connectivity index (χ2v) is 12.6. The van der Waals surface area contributed by atoms with Gasteiger partial charge < -0.3 is 20.1 Å². The zero-order chi connectivity index (χ0) is 30.1. The van der Waals surface area contributed by atoms with Gasteiger partial charge in [-0.15, -0.1) is 11.3 Å². The molecule has 2 aromatic rings. The van der Waals surface area contributed by atoms with Crippen LogP contribution in [0.1, 0.15) is 61.4 Å². The Morgan fingerprint density at radius 2 is 2.02 bits per heavy atom. The van der Waals surface area contributed by atoms with Crippen molar-refractivity contribution < 1.29 is 27.8 Å². The topological polar surface area (TPSA) is 86.5 Å². The number of ether oxygens (including phenoxy) is 1. The molecule has 1 aliphatic carbocycles. The molecule has 4 heterocycles. The molecule has 1 aromatic heterocycles. The van der Waals surface area contributed by atoms with Gasteiger partial charge in [-0.3, -0.25) is 9.98 Å². The van der Waals surface area contributed by atoms with Gasteiger partial charge in [0.2, 0.25) is 6.43 Å². The van der Waals surface area contributed by atoms with Crippen LogP contribution in [0.5, 0.6) is 0 Å². The van der Waals surface area contributed by atoms with Crippen LogP contribution in [0.4, 0.5) is 18.0 Å². The van der Waals surface area contributed by atoms with Gasteiger partial charge >= 0.3 is 6.09 Å². The van der Waals surface area contributed by atoms with Gasteiger partial charge in [0.25, 0.3) is 0 Å². The number of nitrogens with zero attached hydrogens (tertiary/aromatic N) is 3. The lowest BCUT2D eigenvalue weighted by molar-refractivity contribution is 0.0331. The molecule has 2 fully saturated rings. The standard InChI is InChI=1S/C31H32ClF3N4O3S/c32-23-14-17(33)3-10-22(23)29-28(24-11-4-18(36-24)5-12-27(34)35)25-15-19(16-39(25)30(38-29)26-2-1-13-43-26)37-31(41)42-21-8-6-20(40)7-9-21/h1-4,10-11,13-14,18-21,27,29,40H,5-9,12,15-16H2,(H,37,41)/t18?,19-,20?,21?,29-/m0/s1. The highest BCUT2D eigenvalue weighted by atomic mass is 35.5. The summed E-state index contributed by atoms with van der Waals surface area (Å²) in [6, 6.07) is 6.78. The van der Waals surface area contributed by atoms with Gasteiger partial charge in [-0.2, -0.15) is 0 Å². The summed E-state index contributed by atoms with van der Waals surface area (Å²) in [5.74, 6) is 0.235. The molecule has 3 aliphatic heterocycles. The first kappa shape index (κ1) is 29.9. The van der Waals surface area contributed by atoms with Gasteiger partial charge in [-0.25, -0.2) is 18.0 Å². The van der Waals surface area contributed by atoms with Crippen LogP contribution in [0.25, 0.3) is 0 Å². The molecular weight excluding hydrogens is 601 g/mol. The molecule has 1 aromatic carbocycles. The molecule has 0 spiro atoms. The number of amides is 1. The number of benzene rings is 1. The first-order valence-electron chi connectivity index (χ1n) is 14.5. The van der Waals surface area contributed by atoms with Gasteiger partial charge in [-0.1, -0.05) is 29.8 Å². The molecule has 0 radical (unpaired) electrons. The van der Waals surface area contributed by atoms with Gasteiger partial charge in [0, 0.05) is 41.2 Å². The third-order valence-electron chi connectivity index (χ3n) is 8.24. The summed E-state index contributed by atoms with van der Waals surface area (Å²) in [6.45, 7) is 0.434. The van der Waals surface area contributed by atoms with Crippen LogP contribution in [0.2, 0.25) is 5.02 Å². The van der Waals surface area contributed by atoms with Crippen LogP contribution in [0.15, 0.2) is 69.1 Å². The molecule has 228 valence electrons. The number of aliphatic hydroxyl groups excluding tert-OH is 1. The molecule has 6 rings (SSSR count). The molecule has 1 unspecified atom stereocenters. The van der Waals surface area contributed by atoms with Crippen molar-refractivity contribution in [2.75, 3.05) is 6.54 Å². The number of hydrogen-bond donors (Lipinski definition) is 2. The zero-order valence-electron chi connectivity index (χ0n) is 23.3. The van der Waals surface area contributed by atoms with E-state index >= 15 is 0 Å². The number of allylic oxidation sites excluding steroid dienone is 1. The maximum atomic E-state index is 14.1. The highest BCUT2D eigenvalue weighted by molar-refractivity contribution is 7.12. The number of alkyl carbamates (subject to hydrolysis) is 1. The smallest absolute Gasteiger partial charge is 0.407 e. The fourth-order valence-electron chi connectivity index (χ4n) is 6.16.